The Balaban J connectivity index is 2.99. The van der Waals surface area contributed by atoms with E-state index in [1.165, 1.54) is 12.1 Å². The van der Waals surface area contributed by atoms with E-state index in [-0.39, 0.29) is 0 Å². The molecule has 0 atom stereocenters. The van der Waals surface area contributed by atoms with Gasteiger partial charge in [0.15, 0.2) is 0 Å². The molecule has 0 radical (unpaired) electrons. The quantitative estimate of drug-likeness (QED) is 0.803. The largest absolute Gasteiger partial charge is 0.507 e. The second-order valence-corrected chi connectivity index (χ2v) is 3.95. The first-order chi connectivity index (χ1) is 6.80. The van der Waals surface area contributed by atoms with Crippen LogP contribution in [-0.4, -0.2) is 5.11 Å². The average Bonchev–Trinajstić information content (AvgIpc) is 1.99. The van der Waals surface area contributed by atoms with Crippen molar-refractivity contribution in [3.63, 3.8) is 0 Å². The van der Waals surface area contributed by atoms with Crippen LogP contribution >= 0.6 is 0 Å². The van der Waals surface area contributed by atoms with Gasteiger partial charge in [-0.2, -0.15) is 13.2 Å². The summed E-state index contributed by atoms with van der Waals surface area (Å²) in [5, 5.41) is 9.22. The molecule has 0 aliphatic rings. The number of hydrogen-bond acceptors (Lipinski definition) is 1. The van der Waals surface area contributed by atoms with E-state index >= 15 is 0 Å². The molecule has 0 aliphatic carbocycles. The summed E-state index contributed by atoms with van der Waals surface area (Å²) >= 11 is 0. The average molecular weight is 218 g/mol. The van der Waals surface area contributed by atoms with Gasteiger partial charge in [-0.1, -0.05) is 19.9 Å². The predicted octanol–water partition coefficient (Wildman–Crippen LogP) is 3.61. The lowest BCUT2D eigenvalue weighted by atomic mass is 10.0. The van der Waals surface area contributed by atoms with Gasteiger partial charge in [-0.25, -0.2) is 0 Å². The molecule has 1 N–H and O–H groups in total. The van der Waals surface area contributed by atoms with Gasteiger partial charge in [-0.3, -0.25) is 0 Å². The summed E-state index contributed by atoms with van der Waals surface area (Å²) in [6, 6.07) is 3.51. The van der Waals surface area contributed by atoms with Crippen molar-refractivity contribution in [3.05, 3.63) is 29.3 Å². The zero-order valence-electron chi connectivity index (χ0n) is 8.60. The van der Waals surface area contributed by atoms with Crippen molar-refractivity contribution in [2.45, 2.75) is 26.4 Å². The molecule has 0 spiro atoms. The number of rotatable bonds is 2. The lowest BCUT2D eigenvalue weighted by Crippen LogP contribution is -2.05. The Kier molecular flexibility index (Phi) is 3.27. The van der Waals surface area contributed by atoms with Crippen molar-refractivity contribution in [1.29, 1.82) is 0 Å². The van der Waals surface area contributed by atoms with E-state index in [4.69, 9.17) is 0 Å². The third kappa shape index (κ3) is 3.15. The summed E-state index contributed by atoms with van der Waals surface area (Å²) in [7, 11) is 0. The van der Waals surface area contributed by atoms with Gasteiger partial charge in [0.1, 0.15) is 5.75 Å². The van der Waals surface area contributed by atoms with Crippen molar-refractivity contribution in [2.24, 2.45) is 5.92 Å². The molecular weight excluding hydrogens is 205 g/mol. The van der Waals surface area contributed by atoms with Crippen LogP contribution in [0.4, 0.5) is 13.2 Å². The molecule has 0 saturated heterocycles. The molecule has 0 fully saturated rings. The molecule has 0 unspecified atom stereocenters. The van der Waals surface area contributed by atoms with E-state index < -0.39 is 17.5 Å². The zero-order chi connectivity index (χ0) is 11.6. The maximum atomic E-state index is 12.3. The van der Waals surface area contributed by atoms with Crippen LogP contribution < -0.4 is 0 Å². The van der Waals surface area contributed by atoms with Gasteiger partial charge < -0.3 is 5.11 Å². The molecule has 1 aromatic rings. The topological polar surface area (TPSA) is 20.2 Å². The minimum atomic E-state index is -4.49. The predicted molar refractivity (Wildman–Crippen MR) is 51.7 cm³/mol. The van der Waals surface area contributed by atoms with Crippen LogP contribution in [-0.2, 0) is 12.6 Å². The smallest absolute Gasteiger partial charge is 0.419 e. The summed E-state index contributed by atoms with van der Waals surface area (Å²) in [5.41, 5.74) is -0.259. The third-order valence-electron chi connectivity index (χ3n) is 2.01. The second-order valence-electron chi connectivity index (χ2n) is 3.95. The number of hydrogen-bond donors (Lipinski definition) is 1. The molecule has 84 valence electrons. The highest BCUT2D eigenvalue weighted by Gasteiger charge is 2.33. The maximum Gasteiger partial charge on any atom is 0.419 e. The Bertz CT molecular complexity index is 342. The number of phenols is 1. The normalized spacial score (nSPS) is 12.1. The number of benzene rings is 1. The van der Waals surface area contributed by atoms with E-state index in [0.29, 0.717) is 12.3 Å². The fourth-order valence-electron chi connectivity index (χ4n) is 1.42. The van der Waals surface area contributed by atoms with Crippen LogP contribution in [0.15, 0.2) is 18.2 Å². The fraction of sp³-hybridized carbons (Fsp3) is 0.455. The Morgan fingerprint density at radius 2 is 1.87 bits per heavy atom. The summed E-state index contributed by atoms with van der Waals surface area (Å²) < 4.78 is 36.8. The number of phenolic OH excluding ortho intramolecular Hbond substituents is 1. The van der Waals surface area contributed by atoms with Gasteiger partial charge in [0.2, 0.25) is 0 Å². The first-order valence-electron chi connectivity index (χ1n) is 4.70. The van der Waals surface area contributed by atoms with Crippen LogP contribution in [0.2, 0.25) is 0 Å². The van der Waals surface area contributed by atoms with Crippen molar-refractivity contribution in [2.75, 3.05) is 0 Å². The molecular formula is C11H13F3O. The number of aromatic hydroxyl groups is 1. The van der Waals surface area contributed by atoms with Crippen molar-refractivity contribution >= 4 is 0 Å². The Hall–Kier alpha value is -1.19. The number of alkyl halides is 3. The molecule has 0 bridgehead atoms. The van der Waals surface area contributed by atoms with Crippen LogP contribution in [0.3, 0.4) is 0 Å². The maximum absolute atomic E-state index is 12.3. The lowest BCUT2D eigenvalue weighted by Gasteiger charge is -2.11. The molecule has 1 aromatic carbocycles. The Labute approximate surface area is 86.5 Å². The van der Waals surface area contributed by atoms with Crippen molar-refractivity contribution < 1.29 is 18.3 Å². The lowest BCUT2D eigenvalue weighted by molar-refractivity contribution is -0.138. The van der Waals surface area contributed by atoms with Crippen LogP contribution in [0.5, 0.6) is 5.75 Å². The molecule has 0 saturated carbocycles. The van der Waals surface area contributed by atoms with E-state index in [0.717, 1.165) is 11.6 Å². The van der Waals surface area contributed by atoms with Gasteiger partial charge in [-0.15, -0.1) is 0 Å². The van der Waals surface area contributed by atoms with E-state index in [1.807, 2.05) is 13.8 Å². The fourth-order valence-corrected chi connectivity index (χ4v) is 1.42. The van der Waals surface area contributed by atoms with Crippen molar-refractivity contribution in [3.8, 4) is 5.75 Å². The molecule has 0 aromatic heterocycles. The van der Waals surface area contributed by atoms with Gasteiger partial charge in [-0.05, 0) is 30.0 Å². The minimum absolute atomic E-state index is 0.348. The zero-order valence-corrected chi connectivity index (χ0v) is 8.60. The minimum Gasteiger partial charge on any atom is -0.507 e. The third-order valence-corrected chi connectivity index (χ3v) is 2.01. The molecule has 15 heavy (non-hydrogen) atoms. The Morgan fingerprint density at radius 3 is 2.27 bits per heavy atom. The summed E-state index contributed by atoms with van der Waals surface area (Å²) in [6.07, 6.45) is -3.83. The van der Waals surface area contributed by atoms with Crippen LogP contribution in [0.25, 0.3) is 0 Å². The van der Waals surface area contributed by atoms with Crippen LogP contribution in [0.1, 0.15) is 25.0 Å². The highest BCUT2D eigenvalue weighted by molar-refractivity contribution is 5.38. The molecule has 0 heterocycles. The van der Waals surface area contributed by atoms with Gasteiger partial charge in [0.05, 0.1) is 5.56 Å². The van der Waals surface area contributed by atoms with E-state index in [2.05, 4.69) is 0 Å². The van der Waals surface area contributed by atoms with Gasteiger partial charge in [0.25, 0.3) is 0 Å². The standard InChI is InChI=1S/C11H13F3O/c1-7(2)5-8-3-4-9(10(15)6-8)11(12,13)14/h3-4,6-7,15H,5H2,1-2H3. The molecule has 0 aliphatic heterocycles. The first-order valence-corrected chi connectivity index (χ1v) is 4.70. The highest BCUT2D eigenvalue weighted by atomic mass is 19.4. The molecule has 1 nitrogen and oxygen atoms in total. The number of halogens is 3. The van der Waals surface area contributed by atoms with E-state index in [1.54, 1.807) is 0 Å². The van der Waals surface area contributed by atoms with Gasteiger partial charge in [0, 0.05) is 0 Å². The van der Waals surface area contributed by atoms with Gasteiger partial charge >= 0.3 is 6.18 Å². The summed E-state index contributed by atoms with van der Waals surface area (Å²) in [4.78, 5) is 0. The summed E-state index contributed by atoms with van der Waals surface area (Å²) in [6.45, 7) is 3.93. The summed E-state index contributed by atoms with van der Waals surface area (Å²) in [5.74, 6) is -0.346. The second kappa shape index (κ2) is 4.13. The van der Waals surface area contributed by atoms with Crippen LogP contribution in [0, 0.1) is 5.92 Å². The molecule has 4 heteroatoms. The SMILES string of the molecule is CC(C)Cc1ccc(C(F)(F)F)c(O)c1. The Morgan fingerprint density at radius 1 is 1.27 bits per heavy atom. The monoisotopic (exact) mass is 218 g/mol. The van der Waals surface area contributed by atoms with E-state index in [9.17, 15) is 18.3 Å². The molecule has 1 rings (SSSR count). The molecule has 0 amide bonds. The first kappa shape index (κ1) is 11.9. The van der Waals surface area contributed by atoms with Crippen molar-refractivity contribution in [1.82, 2.24) is 0 Å². The highest BCUT2D eigenvalue weighted by Crippen LogP contribution is 2.36.